The average molecular weight is 407 g/mol. The molecule has 3 aromatic heterocycles. The topological polar surface area (TPSA) is 73.8 Å². The molecule has 3 rings (SSSR count). The van der Waals surface area contributed by atoms with Crippen molar-refractivity contribution in [2.45, 2.75) is 77.3 Å². The zero-order chi connectivity index (χ0) is 19.7. The van der Waals surface area contributed by atoms with E-state index in [0.29, 0.717) is 11.0 Å². The Balaban J connectivity index is 1.97. The van der Waals surface area contributed by atoms with Gasteiger partial charge in [-0.1, -0.05) is 30.3 Å². The van der Waals surface area contributed by atoms with E-state index in [4.69, 9.17) is 9.51 Å². The largest absolute Gasteiger partial charge is 0.338 e. The second-order valence-electron chi connectivity index (χ2n) is 7.04. The Bertz CT molecular complexity index is 1000. The number of thioether (sulfide) groups is 1. The Morgan fingerprint density at radius 1 is 1.22 bits per heavy atom. The minimum Gasteiger partial charge on any atom is -0.338 e. The summed E-state index contributed by atoms with van der Waals surface area (Å²) in [6.45, 7) is 12.2. The quantitative estimate of drug-likeness (QED) is 0.395. The van der Waals surface area contributed by atoms with Gasteiger partial charge in [0.1, 0.15) is 4.83 Å². The molecular formula is C19H26N4O2S2. The van der Waals surface area contributed by atoms with Crippen molar-refractivity contribution in [2.24, 2.45) is 0 Å². The van der Waals surface area contributed by atoms with Gasteiger partial charge < -0.3 is 4.52 Å². The Morgan fingerprint density at radius 3 is 2.63 bits per heavy atom. The van der Waals surface area contributed by atoms with Gasteiger partial charge in [-0.05, 0) is 46.6 Å². The highest BCUT2D eigenvalue weighted by Crippen LogP contribution is 2.36. The van der Waals surface area contributed by atoms with E-state index in [9.17, 15) is 4.79 Å². The van der Waals surface area contributed by atoms with Gasteiger partial charge in [0.15, 0.2) is 11.0 Å². The first-order valence-electron chi connectivity index (χ1n) is 9.34. The number of hydrogen-bond acceptors (Lipinski definition) is 7. The van der Waals surface area contributed by atoms with Crippen molar-refractivity contribution in [1.29, 1.82) is 0 Å². The highest BCUT2D eigenvalue weighted by molar-refractivity contribution is 7.99. The van der Waals surface area contributed by atoms with Gasteiger partial charge in [-0.15, -0.1) is 11.3 Å². The minimum absolute atomic E-state index is 0.0199. The summed E-state index contributed by atoms with van der Waals surface area (Å²) in [5.74, 6) is 1.32. The second-order valence-corrected chi connectivity index (χ2v) is 9.55. The fourth-order valence-electron chi connectivity index (χ4n) is 2.90. The average Bonchev–Trinajstić information content (AvgIpc) is 3.18. The lowest BCUT2D eigenvalue weighted by Gasteiger charge is -2.16. The molecule has 0 saturated heterocycles. The maximum atomic E-state index is 13.1. The van der Waals surface area contributed by atoms with Crippen LogP contribution >= 0.6 is 23.1 Å². The number of unbranched alkanes of at least 4 members (excludes halogenated alkanes) is 1. The Kier molecular flexibility index (Phi) is 6.05. The smallest absolute Gasteiger partial charge is 0.263 e. The molecule has 0 amide bonds. The molecule has 0 aliphatic heterocycles. The van der Waals surface area contributed by atoms with Crippen molar-refractivity contribution in [1.82, 2.24) is 19.7 Å². The van der Waals surface area contributed by atoms with E-state index >= 15 is 0 Å². The Labute approximate surface area is 167 Å². The molecule has 3 aromatic rings. The van der Waals surface area contributed by atoms with E-state index < -0.39 is 0 Å². The molecular weight excluding hydrogens is 380 g/mol. The fourth-order valence-corrected chi connectivity index (χ4v) is 5.05. The van der Waals surface area contributed by atoms with Crippen LogP contribution < -0.4 is 5.56 Å². The van der Waals surface area contributed by atoms with Crippen LogP contribution in [-0.2, 0) is 6.42 Å². The van der Waals surface area contributed by atoms with Gasteiger partial charge in [-0.25, -0.2) is 4.98 Å². The van der Waals surface area contributed by atoms with E-state index in [-0.39, 0.29) is 16.9 Å². The third-order valence-corrected chi connectivity index (χ3v) is 6.74. The summed E-state index contributed by atoms with van der Waals surface area (Å²) in [5.41, 5.74) is 1.06. The van der Waals surface area contributed by atoms with E-state index in [1.165, 1.54) is 11.8 Å². The number of hydrogen-bond donors (Lipinski definition) is 0. The van der Waals surface area contributed by atoms with Crippen molar-refractivity contribution < 1.29 is 4.52 Å². The molecule has 3 heterocycles. The van der Waals surface area contributed by atoms with Crippen LogP contribution in [0.2, 0.25) is 0 Å². The van der Waals surface area contributed by atoms with Crippen LogP contribution in [0.15, 0.2) is 14.5 Å². The number of aryl methyl sites for hydroxylation is 3. The molecule has 0 fully saturated rings. The van der Waals surface area contributed by atoms with E-state index in [2.05, 4.69) is 17.1 Å². The van der Waals surface area contributed by atoms with Crippen LogP contribution in [0.25, 0.3) is 10.2 Å². The van der Waals surface area contributed by atoms with Crippen LogP contribution in [0.1, 0.15) is 74.0 Å². The molecule has 1 atom stereocenters. The minimum atomic E-state index is -0.0793. The summed E-state index contributed by atoms with van der Waals surface area (Å²) >= 11 is 3.07. The van der Waals surface area contributed by atoms with Crippen LogP contribution in [0, 0.1) is 13.8 Å². The molecule has 0 saturated carbocycles. The summed E-state index contributed by atoms with van der Waals surface area (Å²) in [6.07, 6.45) is 2.97. The monoisotopic (exact) mass is 406 g/mol. The summed E-state index contributed by atoms with van der Waals surface area (Å²) < 4.78 is 7.22. The molecule has 146 valence electrons. The normalized spacial score (nSPS) is 13.0. The van der Waals surface area contributed by atoms with Gasteiger partial charge in [-0.2, -0.15) is 4.98 Å². The predicted molar refractivity (Wildman–Crippen MR) is 111 cm³/mol. The third kappa shape index (κ3) is 3.96. The highest BCUT2D eigenvalue weighted by Gasteiger charge is 2.22. The van der Waals surface area contributed by atoms with Gasteiger partial charge in [0, 0.05) is 17.3 Å². The maximum Gasteiger partial charge on any atom is 0.263 e. The number of fused-ring (bicyclic) bond motifs is 1. The van der Waals surface area contributed by atoms with Crippen LogP contribution in [0.5, 0.6) is 0 Å². The summed E-state index contributed by atoms with van der Waals surface area (Å²) in [7, 11) is 0. The maximum absolute atomic E-state index is 13.1. The molecule has 6 nitrogen and oxygen atoms in total. The van der Waals surface area contributed by atoms with Gasteiger partial charge >= 0.3 is 0 Å². The van der Waals surface area contributed by atoms with Crippen molar-refractivity contribution in [2.75, 3.05) is 0 Å². The predicted octanol–water partition coefficient (Wildman–Crippen LogP) is 5.23. The third-order valence-electron chi connectivity index (χ3n) is 4.59. The van der Waals surface area contributed by atoms with Gasteiger partial charge in [0.2, 0.25) is 5.89 Å². The molecule has 0 bridgehead atoms. The number of nitrogens with zero attached hydrogens (tertiary/aromatic N) is 4. The Hall–Kier alpha value is -1.67. The second kappa shape index (κ2) is 8.14. The zero-order valence-electron chi connectivity index (χ0n) is 16.7. The van der Waals surface area contributed by atoms with E-state index in [1.807, 2.05) is 34.6 Å². The molecule has 0 aromatic carbocycles. The first-order chi connectivity index (χ1) is 12.8. The number of thiophene rings is 1. The van der Waals surface area contributed by atoms with Crippen molar-refractivity contribution in [3.05, 3.63) is 32.5 Å². The first kappa shape index (κ1) is 20.1. The zero-order valence-corrected chi connectivity index (χ0v) is 18.3. The lowest BCUT2D eigenvalue weighted by molar-refractivity contribution is 0.374. The standard InChI is InChI=1S/C19H26N4O2S2/c1-7-8-9-14-20-16(25-22-14)13(6)27-19-21-17-15(11(4)12(5)26-17)18(24)23(19)10(2)3/h10,13H,7-9H2,1-6H3. The fraction of sp³-hybridized carbons (Fsp3) is 0.579. The number of rotatable bonds is 7. The lowest BCUT2D eigenvalue weighted by Crippen LogP contribution is -2.25. The molecule has 0 spiro atoms. The lowest BCUT2D eigenvalue weighted by atomic mass is 10.2. The van der Waals surface area contributed by atoms with E-state index in [1.54, 1.807) is 15.9 Å². The highest BCUT2D eigenvalue weighted by atomic mass is 32.2. The van der Waals surface area contributed by atoms with Crippen LogP contribution in [0.4, 0.5) is 0 Å². The summed E-state index contributed by atoms with van der Waals surface area (Å²) in [5, 5.41) is 5.43. The van der Waals surface area contributed by atoms with Crippen molar-refractivity contribution in [3.63, 3.8) is 0 Å². The molecule has 0 aliphatic rings. The molecule has 0 radical (unpaired) electrons. The molecule has 0 aliphatic carbocycles. The van der Waals surface area contributed by atoms with Gasteiger partial charge in [0.05, 0.1) is 10.6 Å². The van der Waals surface area contributed by atoms with E-state index in [0.717, 1.165) is 45.7 Å². The Morgan fingerprint density at radius 2 is 1.96 bits per heavy atom. The van der Waals surface area contributed by atoms with Crippen LogP contribution in [-0.4, -0.2) is 19.7 Å². The first-order valence-corrected chi connectivity index (χ1v) is 11.0. The summed E-state index contributed by atoms with van der Waals surface area (Å²) in [6, 6.07) is 0.0199. The molecule has 8 heteroatoms. The van der Waals surface area contributed by atoms with Gasteiger partial charge in [-0.3, -0.25) is 9.36 Å². The van der Waals surface area contributed by atoms with Crippen molar-refractivity contribution in [3.8, 4) is 0 Å². The van der Waals surface area contributed by atoms with Crippen molar-refractivity contribution >= 4 is 33.3 Å². The molecule has 0 N–H and O–H groups in total. The summed E-state index contributed by atoms with van der Waals surface area (Å²) in [4.78, 5) is 24.4. The SMILES string of the molecule is CCCCc1noc(C(C)Sc2nc3sc(C)c(C)c3c(=O)n2C(C)C)n1. The molecule has 27 heavy (non-hydrogen) atoms. The molecule has 1 unspecified atom stereocenters. The van der Waals surface area contributed by atoms with Gasteiger partial charge in [0.25, 0.3) is 5.56 Å². The van der Waals surface area contributed by atoms with Crippen LogP contribution in [0.3, 0.4) is 0 Å². The number of aromatic nitrogens is 4.